The Balaban J connectivity index is 1.01. The van der Waals surface area contributed by atoms with Crippen LogP contribution in [-0.2, 0) is 19.8 Å². The molecule has 0 saturated carbocycles. The fourth-order valence-electron chi connectivity index (χ4n) is 6.68. The fraction of sp³-hybridized carbons (Fsp3) is 0.386. The lowest BCUT2D eigenvalue weighted by atomic mass is 10.0. The zero-order chi connectivity index (χ0) is 39.2. The summed E-state index contributed by atoms with van der Waals surface area (Å²) < 4.78 is 28.9. The first kappa shape index (κ1) is 40.9. The van der Waals surface area contributed by atoms with Gasteiger partial charge in [0.2, 0.25) is 5.75 Å². The van der Waals surface area contributed by atoms with Gasteiger partial charge < -0.3 is 49.6 Å². The molecule has 1 amide bonds. The van der Waals surface area contributed by atoms with Crippen LogP contribution in [0.5, 0.6) is 28.7 Å². The van der Waals surface area contributed by atoms with Gasteiger partial charge in [0.25, 0.3) is 5.91 Å². The topological polar surface area (TPSA) is 148 Å². The second-order valence-corrected chi connectivity index (χ2v) is 13.6. The van der Waals surface area contributed by atoms with E-state index in [1.165, 1.54) is 7.11 Å². The van der Waals surface area contributed by atoms with E-state index >= 15 is 0 Å². The molecule has 0 radical (unpaired) electrons. The third kappa shape index (κ3) is 10.7. The van der Waals surface area contributed by atoms with E-state index in [0.29, 0.717) is 64.2 Å². The Hall–Kier alpha value is -5.23. The van der Waals surface area contributed by atoms with Gasteiger partial charge in [0.05, 0.1) is 59.9 Å². The van der Waals surface area contributed by atoms with Crippen molar-refractivity contribution in [2.75, 3.05) is 39.9 Å². The quantitative estimate of drug-likeness (QED) is 0.0423. The highest BCUT2D eigenvalue weighted by Gasteiger charge is 2.25. The standard InChI is InChI=1S/C44H54N2O9/c1-29-12-16-37-35(20-29)44(50)46-43(45-37)32-15-17-38(34(25-32)27-48)54-18-10-8-6-5-7-9-11-19-55-42-40(52-3)23-31(24-41(42)53-4)14-13-30-21-33(26-47)36(28-49)39(22-30)51-2/h12-17,20-25,43,45,47-49H,5-11,18-19,26-28H2,1-4H3,(H,46,50)/b14-13-. The molecule has 11 heteroatoms. The molecule has 1 heterocycles. The second-order valence-electron chi connectivity index (χ2n) is 13.6. The number of aliphatic hydroxyl groups excluding tert-OH is 3. The van der Waals surface area contributed by atoms with E-state index in [1.807, 2.05) is 79.7 Å². The first-order chi connectivity index (χ1) is 26.8. The molecule has 1 aliphatic rings. The Bertz CT molecular complexity index is 1880. The summed E-state index contributed by atoms with van der Waals surface area (Å²) in [5.41, 5.74) is 6.83. The van der Waals surface area contributed by atoms with Gasteiger partial charge in [0.1, 0.15) is 17.7 Å². The van der Waals surface area contributed by atoms with Crippen LogP contribution in [-0.4, -0.2) is 55.8 Å². The van der Waals surface area contributed by atoms with Crippen LogP contribution in [0.15, 0.2) is 60.7 Å². The minimum Gasteiger partial charge on any atom is -0.496 e. The number of nitrogens with one attached hydrogen (secondary N) is 2. The molecule has 294 valence electrons. The SMILES string of the molecule is COc1cc(/C=C\c2cc(OC)c(OCCCCCCCCCOc3ccc(C4NC(=O)c5cc(C)ccc5N4)cc3CO)c(OC)c2)cc(CO)c1CO. The molecule has 0 spiro atoms. The van der Waals surface area contributed by atoms with Gasteiger partial charge in [-0.05, 0) is 90.6 Å². The molecule has 1 atom stereocenters. The third-order valence-electron chi connectivity index (χ3n) is 9.70. The highest BCUT2D eigenvalue weighted by molar-refractivity contribution is 6.01. The number of unbranched alkanes of at least 4 members (excludes halogenated alkanes) is 6. The van der Waals surface area contributed by atoms with Gasteiger partial charge in [-0.3, -0.25) is 4.79 Å². The van der Waals surface area contributed by atoms with Crippen LogP contribution in [0.25, 0.3) is 12.2 Å². The first-order valence-corrected chi connectivity index (χ1v) is 18.8. The lowest BCUT2D eigenvalue weighted by Crippen LogP contribution is -2.38. The molecule has 4 aromatic carbocycles. The number of anilines is 1. The summed E-state index contributed by atoms with van der Waals surface area (Å²) in [6.45, 7) is 2.49. The number of carbonyl (C=O) groups is 1. The Morgan fingerprint density at radius 1 is 0.618 bits per heavy atom. The van der Waals surface area contributed by atoms with Gasteiger partial charge in [-0.2, -0.15) is 0 Å². The van der Waals surface area contributed by atoms with Crippen LogP contribution in [0.2, 0.25) is 0 Å². The van der Waals surface area contributed by atoms with Crippen LogP contribution < -0.4 is 34.3 Å². The number of benzene rings is 4. The number of hydrogen-bond acceptors (Lipinski definition) is 10. The van der Waals surface area contributed by atoms with Gasteiger partial charge >= 0.3 is 0 Å². The summed E-state index contributed by atoms with van der Waals surface area (Å²) in [4.78, 5) is 12.7. The summed E-state index contributed by atoms with van der Waals surface area (Å²) in [6, 6.07) is 18.8. The van der Waals surface area contributed by atoms with Crippen molar-refractivity contribution in [1.29, 1.82) is 0 Å². The Morgan fingerprint density at radius 2 is 1.22 bits per heavy atom. The van der Waals surface area contributed by atoms with E-state index < -0.39 is 6.17 Å². The van der Waals surface area contributed by atoms with Crippen LogP contribution in [0.3, 0.4) is 0 Å². The molecule has 1 unspecified atom stereocenters. The van der Waals surface area contributed by atoms with Crippen molar-refractivity contribution in [2.45, 2.75) is 77.9 Å². The zero-order valence-corrected chi connectivity index (χ0v) is 32.3. The molecule has 5 rings (SSSR count). The van der Waals surface area contributed by atoms with Crippen molar-refractivity contribution in [3.63, 3.8) is 0 Å². The summed E-state index contributed by atoms with van der Waals surface area (Å²) in [7, 11) is 4.74. The van der Waals surface area contributed by atoms with Crippen molar-refractivity contribution in [3.05, 3.63) is 105 Å². The molecule has 0 fully saturated rings. The van der Waals surface area contributed by atoms with Gasteiger partial charge in [0.15, 0.2) is 11.5 Å². The van der Waals surface area contributed by atoms with Crippen LogP contribution in [0, 0.1) is 6.92 Å². The van der Waals surface area contributed by atoms with Crippen LogP contribution >= 0.6 is 0 Å². The molecule has 11 nitrogen and oxygen atoms in total. The average Bonchev–Trinajstić information content (AvgIpc) is 3.21. The Kier molecular flexibility index (Phi) is 15.2. The van der Waals surface area contributed by atoms with E-state index in [2.05, 4.69) is 10.6 Å². The highest BCUT2D eigenvalue weighted by Crippen LogP contribution is 2.39. The number of rotatable bonds is 21. The number of ether oxygens (including phenoxy) is 5. The predicted molar refractivity (Wildman–Crippen MR) is 214 cm³/mol. The van der Waals surface area contributed by atoms with Crippen LogP contribution in [0.4, 0.5) is 5.69 Å². The largest absolute Gasteiger partial charge is 0.496 e. The van der Waals surface area contributed by atoms with Gasteiger partial charge in [-0.25, -0.2) is 0 Å². The second kappa shape index (κ2) is 20.5. The minimum atomic E-state index is -0.391. The molecule has 1 aliphatic heterocycles. The average molecular weight is 755 g/mol. The summed E-state index contributed by atoms with van der Waals surface area (Å²) in [6.07, 6.45) is 10.7. The molecule has 0 aliphatic carbocycles. The highest BCUT2D eigenvalue weighted by atomic mass is 16.5. The summed E-state index contributed by atoms with van der Waals surface area (Å²) in [5.74, 6) is 2.76. The monoisotopic (exact) mass is 754 g/mol. The molecule has 0 bridgehead atoms. The number of amides is 1. The molecule has 5 N–H and O–H groups in total. The molecular formula is C44H54N2O9. The normalized spacial score (nSPS) is 13.6. The number of carbonyl (C=O) groups excluding carboxylic acids is 1. The van der Waals surface area contributed by atoms with Gasteiger partial charge in [0, 0.05) is 16.8 Å². The lowest BCUT2D eigenvalue weighted by Gasteiger charge is -2.29. The van der Waals surface area contributed by atoms with Crippen molar-refractivity contribution in [2.24, 2.45) is 0 Å². The lowest BCUT2D eigenvalue weighted by molar-refractivity contribution is 0.0935. The molecule has 55 heavy (non-hydrogen) atoms. The smallest absolute Gasteiger partial charge is 0.255 e. The number of methoxy groups -OCH3 is 3. The van der Waals surface area contributed by atoms with E-state index in [4.69, 9.17) is 23.7 Å². The summed E-state index contributed by atoms with van der Waals surface area (Å²) in [5, 5.41) is 35.9. The maximum Gasteiger partial charge on any atom is 0.255 e. The fourth-order valence-corrected chi connectivity index (χ4v) is 6.68. The predicted octanol–water partition coefficient (Wildman–Crippen LogP) is 7.71. The number of fused-ring (bicyclic) bond motifs is 1. The van der Waals surface area contributed by atoms with Crippen LogP contribution in [0.1, 0.15) is 100 Å². The van der Waals surface area contributed by atoms with Crippen molar-refractivity contribution in [3.8, 4) is 28.7 Å². The molecule has 4 aromatic rings. The van der Waals surface area contributed by atoms with Crippen molar-refractivity contribution in [1.82, 2.24) is 5.32 Å². The van der Waals surface area contributed by atoms with E-state index in [9.17, 15) is 20.1 Å². The first-order valence-electron chi connectivity index (χ1n) is 18.8. The number of aryl methyl sites for hydroxylation is 1. The Labute approximate surface area is 323 Å². The number of aliphatic hydroxyl groups is 3. The van der Waals surface area contributed by atoms with E-state index in [-0.39, 0.29) is 25.7 Å². The Morgan fingerprint density at radius 3 is 1.84 bits per heavy atom. The molecule has 0 saturated heterocycles. The maximum absolute atomic E-state index is 12.7. The molecule has 0 aromatic heterocycles. The van der Waals surface area contributed by atoms with Crippen molar-refractivity contribution < 1.29 is 43.8 Å². The van der Waals surface area contributed by atoms with E-state index in [1.54, 1.807) is 14.2 Å². The summed E-state index contributed by atoms with van der Waals surface area (Å²) >= 11 is 0. The maximum atomic E-state index is 12.7. The number of hydrogen-bond donors (Lipinski definition) is 5. The molecular weight excluding hydrogens is 700 g/mol. The van der Waals surface area contributed by atoms with Crippen molar-refractivity contribution >= 4 is 23.7 Å². The van der Waals surface area contributed by atoms with E-state index in [0.717, 1.165) is 72.9 Å². The van der Waals surface area contributed by atoms with Gasteiger partial charge in [-0.15, -0.1) is 0 Å². The third-order valence-corrected chi connectivity index (χ3v) is 9.70. The zero-order valence-electron chi connectivity index (χ0n) is 32.3. The van der Waals surface area contributed by atoms with Gasteiger partial charge in [-0.1, -0.05) is 62.0 Å². The minimum absolute atomic E-state index is 0.125.